The molecule has 0 fully saturated rings. The van der Waals surface area contributed by atoms with Crippen molar-refractivity contribution in [3.8, 4) is 11.4 Å². The molecule has 1 aromatic heterocycles. The van der Waals surface area contributed by atoms with Gasteiger partial charge in [-0.25, -0.2) is 4.68 Å². The molecule has 3 nitrogen and oxygen atoms in total. The van der Waals surface area contributed by atoms with Gasteiger partial charge in [-0.2, -0.15) is 5.10 Å². The molecule has 114 valence electrons. The summed E-state index contributed by atoms with van der Waals surface area (Å²) in [5, 5.41) is 15.3. The molecule has 0 saturated heterocycles. The van der Waals surface area contributed by atoms with Crippen LogP contribution in [0.3, 0.4) is 0 Å². The van der Waals surface area contributed by atoms with Gasteiger partial charge in [-0.15, -0.1) is 0 Å². The smallest absolute Gasteiger partial charge is 0.161 e. The lowest BCUT2D eigenvalue weighted by Crippen LogP contribution is -2.13. The van der Waals surface area contributed by atoms with E-state index in [0.717, 1.165) is 36.3 Å². The molecule has 0 amide bonds. The summed E-state index contributed by atoms with van der Waals surface area (Å²) in [6, 6.07) is 8.25. The van der Waals surface area contributed by atoms with Crippen LogP contribution in [0, 0.1) is 6.92 Å². The van der Waals surface area contributed by atoms with Crippen molar-refractivity contribution in [1.82, 2.24) is 9.78 Å². The first kappa shape index (κ1) is 15.6. The molecule has 2 aromatic rings. The highest BCUT2D eigenvalue weighted by atomic mass is 16.3. The van der Waals surface area contributed by atoms with E-state index >= 15 is 0 Å². The molecular weight excluding hydrogens is 260 g/mol. The first-order chi connectivity index (χ1) is 9.84. The SMILES string of the molecule is CCCCc1c(O)c(C(C)(C)C)nn1-c1cccc(C)c1. The molecule has 0 atom stereocenters. The van der Waals surface area contributed by atoms with E-state index < -0.39 is 0 Å². The Bertz CT molecular complexity index is 621. The van der Waals surface area contributed by atoms with Gasteiger partial charge < -0.3 is 5.11 Å². The Morgan fingerprint density at radius 1 is 1.24 bits per heavy atom. The minimum absolute atomic E-state index is 0.167. The molecule has 1 aromatic carbocycles. The van der Waals surface area contributed by atoms with Gasteiger partial charge in [-0.05, 0) is 37.5 Å². The lowest BCUT2D eigenvalue weighted by atomic mass is 9.91. The molecule has 0 aliphatic rings. The van der Waals surface area contributed by atoms with E-state index in [1.165, 1.54) is 5.56 Å². The summed E-state index contributed by atoms with van der Waals surface area (Å²) in [7, 11) is 0. The van der Waals surface area contributed by atoms with Gasteiger partial charge in [0.1, 0.15) is 5.69 Å². The van der Waals surface area contributed by atoms with Crippen molar-refractivity contribution in [2.75, 3.05) is 0 Å². The van der Waals surface area contributed by atoms with Gasteiger partial charge in [0, 0.05) is 5.41 Å². The molecule has 0 aliphatic carbocycles. The lowest BCUT2D eigenvalue weighted by Gasteiger charge is -2.15. The van der Waals surface area contributed by atoms with E-state index in [-0.39, 0.29) is 5.41 Å². The molecule has 2 rings (SSSR count). The standard InChI is InChI=1S/C18H26N2O/c1-6-7-11-15-16(21)17(18(3,4)5)19-20(15)14-10-8-9-13(2)12-14/h8-10,12,21H,6-7,11H2,1-5H3. The van der Waals surface area contributed by atoms with E-state index in [1.54, 1.807) is 0 Å². The molecule has 0 aliphatic heterocycles. The van der Waals surface area contributed by atoms with Gasteiger partial charge in [0.15, 0.2) is 5.75 Å². The summed E-state index contributed by atoms with van der Waals surface area (Å²) >= 11 is 0. The van der Waals surface area contributed by atoms with Crippen LogP contribution < -0.4 is 0 Å². The summed E-state index contributed by atoms with van der Waals surface area (Å²) < 4.78 is 1.92. The minimum Gasteiger partial charge on any atom is -0.504 e. The van der Waals surface area contributed by atoms with Crippen LogP contribution in [0.15, 0.2) is 24.3 Å². The molecule has 0 saturated carbocycles. The van der Waals surface area contributed by atoms with E-state index in [1.807, 2.05) is 16.8 Å². The highest BCUT2D eigenvalue weighted by molar-refractivity contribution is 5.44. The Balaban J connectivity index is 2.58. The minimum atomic E-state index is -0.167. The second-order valence-corrected chi connectivity index (χ2v) is 6.75. The number of nitrogens with zero attached hydrogens (tertiary/aromatic N) is 2. The Morgan fingerprint density at radius 3 is 2.52 bits per heavy atom. The van der Waals surface area contributed by atoms with Crippen molar-refractivity contribution in [3.05, 3.63) is 41.2 Å². The Hall–Kier alpha value is -1.77. The highest BCUT2D eigenvalue weighted by Gasteiger charge is 2.26. The second kappa shape index (κ2) is 5.92. The summed E-state index contributed by atoms with van der Waals surface area (Å²) in [4.78, 5) is 0. The van der Waals surface area contributed by atoms with Crippen molar-refractivity contribution in [1.29, 1.82) is 0 Å². The Morgan fingerprint density at radius 2 is 1.95 bits per heavy atom. The maximum Gasteiger partial charge on any atom is 0.161 e. The van der Waals surface area contributed by atoms with Gasteiger partial charge in [-0.1, -0.05) is 46.2 Å². The number of aromatic nitrogens is 2. The van der Waals surface area contributed by atoms with Crippen LogP contribution in [0.25, 0.3) is 5.69 Å². The first-order valence-corrected chi connectivity index (χ1v) is 7.73. The number of unbranched alkanes of at least 4 members (excludes halogenated alkanes) is 1. The second-order valence-electron chi connectivity index (χ2n) is 6.75. The number of aromatic hydroxyl groups is 1. The highest BCUT2D eigenvalue weighted by Crippen LogP contribution is 2.34. The quantitative estimate of drug-likeness (QED) is 0.897. The number of benzene rings is 1. The summed E-state index contributed by atoms with van der Waals surface area (Å²) in [6.07, 6.45) is 3.00. The van der Waals surface area contributed by atoms with Gasteiger partial charge in [-0.3, -0.25) is 0 Å². The zero-order chi connectivity index (χ0) is 15.6. The third-order valence-electron chi connectivity index (χ3n) is 3.68. The summed E-state index contributed by atoms with van der Waals surface area (Å²) in [5.41, 5.74) is 3.75. The van der Waals surface area contributed by atoms with Crippen LogP contribution in [0.1, 0.15) is 57.5 Å². The van der Waals surface area contributed by atoms with Crippen LogP contribution >= 0.6 is 0 Å². The lowest BCUT2D eigenvalue weighted by molar-refractivity contribution is 0.438. The zero-order valence-electron chi connectivity index (χ0n) is 13.8. The van der Waals surface area contributed by atoms with E-state index in [9.17, 15) is 5.11 Å². The van der Waals surface area contributed by atoms with Crippen LogP contribution in [0.2, 0.25) is 0 Å². The van der Waals surface area contributed by atoms with Crippen molar-refractivity contribution in [3.63, 3.8) is 0 Å². The first-order valence-electron chi connectivity index (χ1n) is 7.73. The number of hydrogen-bond acceptors (Lipinski definition) is 2. The maximum atomic E-state index is 10.6. The van der Waals surface area contributed by atoms with Crippen molar-refractivity contribution in [2.24, 2.45) is 0 Å². The predicted octanol–water partition coefficient (Wildman–Crippen LogP) is 4.53. The third-order valence-corrected chi connectivity index (χ3v) is 3.68. The monoisotopic (exact) mass is 286 g/mol. The Labute approximate surface area is 127 Å². The molecule has 1 N–H and O–H groups in total. The topological polar surface area (TPSA) is 38.1 Å². The van der Waals surface area contributed by atoms with E-state index in [4.69, 9.17) is 5.10 Å². The molecule has 0 spiro atoms. The zero-order valence-corrected chi connectivity index (χ0v) is 13.8. The van der Waals surface area contributed by atoms with Crippen molar-refractivity contribution < 1.29 is 5.11 Å². The van der Waals surface area contributed by atoms with E-state index in [2.05, 4.69) is 46.8 Å². The fraction of sp³-hybridized carbons (Fsp3) is 0.500. The third kappa shape index (κ3) is 3.29. The fourth-order valence-electron chi connectivity index (χ4n) is 2.49. The molecular formula is C18H26N2O. The maximum absolute atomic E-state index is 10.6. The number of hydrogen-bond donors (Lipinski definition) is 1. The molecule has 0 radical (unpaired) electrons. The van der Waals surface area contributed by atoms with Crippen LogP contribution in [-0.4, -0.2) is 14.9 Å². The molecule has 0 bridgehead atoms. The summed E-state index contributed by atoms with van der Waals surface area (Å²) in [6.45, 7) is 10.5. The molecule has 0 unspecified atom stereocenters. The number of aryl methyl sites for hydroxylation is 1. The molecule has 3 heteroatoms. The molecule has 1 heterocycles. The van der Waals surface area contributed by atoms with Crippen molar-refractivity contribution >= 4 is 0 Å². The van der Waals surface area contributed by atoms with Gasteiger partial charge in [0.2, 0.25) is 0 Å². The average molecular weight is 286 g/mol. The normalized spacial score (nSPS) is 11.9. The van der Waals surface area contributed by atoms with Crippen LogP contribution in [-0.2, 0) is 11.8 Å². The van der Waals surface area contributed by atoms with E-state index in [0.29, 0.717) is 5.75 Å². The fourth-order valence-corrected chi connectivity index (χ4v) is 2.49. The van der Waals surface area contributed by atoms with Crippen LogP contribution in [0.4, 0.5) is 0 Å². The molecule has 21 heavy (non-hydrogen) atoms. The van der Waals surface area contributed by atoms with Gasteiger partial charge in [0.25, 0.3) is 0 Å². The largest absolute Gasteiger partial charge is 0.504 e. The summed E-state index contributed by atoms with van der Waals surface area (Å²) in [5.74, 6) is 0.359. The predicted molar refractivity (Wildman–Crippen MR) is 87.3 cm³/mol. The van der Waals surface area contributed by atoms with Crippen molar-refractivity contribution in [2.45, 2.75) is 59.3 Å². The van der Waals surface area contributed by atoms with Crippen LogP contribution in [0.5, 0.6) is 5.75 Å². The average Bonchev–Trinajstić information content (AvgIpc) is 2.73. The van der Waals surface area contributed by atoms with Gasteiger partial charge in [0.05, 0.1) is 11.4 Å². The van der Waals surface area contributed by atoms with Gasteiger partial charge >= 0.3 is 0 Å². The Kier molecular flexibility index (Phi) is 4.40. The number of rotatable bonds is 4.